The van der Waals surface area contributed by atoms with Gasteiger partial charge in [0.2, 0.25) is 0 Å². The highest BCUT2D eigenvalue weighted by molar-refractivity contribution is 6.05. The quantitative estimate of drug-likeness (QED) is 0.821. The number of nitrogens with two attached hydrogens (primary N) is 1. The van der Waals surface area contributed by atoms with Crippen LogP contribution in [0.15, 0.2) is 30.3 Å². The molecule has 0 fully saturated rings. The second-order valence-electron chi connectivity index (χ2n) is 4.82. The van der Waals surface area contributed by atoms with Gasteiger partial charge in [-0.05, 0) is 30.3 Å². The largest absolute Gasteiger partial charge is 0.419 e. The van der Waals surface area contributed by atoms with Crippen LogP contribution < -0.4 is 11.1 Å². The van der Waals surface area contributed by atoms with Gasteiger partial charge in [-0.1, -0.05) is 0 Å². The van der Waals surface area contributed by atoms with Gasteiger partial charge in [0, 0.05) is 5.69 Å². The molecular weight excluding hydrogens is 354 g/mol. The summed E-state index contributed by atoms with van der Waals surface area (Å²) >= 11 is 0. The molecule has 0 radical (unpaired) electrons. The fraction of sp³-hybridized carbons (Fsp3) is 0.0667. The standard InChI is InChI=1S/C15H8F6N2O2/c16-10-2-1-6(3-7(10)13(22)24)23-14(25)8-4-12(18)9(5-11(8)17)15(19,20)21/h1-5H,(H2,22,24)(H,23,25). The minimum atomic E-state index is -5.13. The molecule has 0 atom stereocenters. The second-order valence-corrected chi connectivity index (χ2v) is 4.82. The topological polar surface area (TPSA) is 72.2 Å². The van der Waals surface area contributed by atoms with Crippen molar-refractivity contribution >= 4 is 17.5 Å². The van der Waals surface area contributed by atoms with E-state index in [4.69, 9.17) is 5.73 Å². The smallest absolute Gasteiger partial charge is 0.366 e. The number of benzene rings is 2. The third kappa shape index (κ3) is 3.90. The summed E-state index contributed by atoms with van der Waals surface area (Å²) in [5.74, 6) is -6.86. The van der Waals surface area contributed by atoms with E-state index in [2.05, 4.69) is 0 Å². The lowest BCUT2D eigenvalue weighted by molar-refractivity contribution is -0.140. The maximum atomic E-state index is 13.7. The lowest BCUT2D eigenvalue weighted by Crippen LogP contribution is -2.18. The van der Waals surface area contributed by atoms with Crippen molar-refractivity contribution in [1.29, 1.82) is 0 Å². The van der Waals surface area contributed by atoms with E-state index in [1.54, 1.807) is 0 Å². The van der Waals surface area contributed by atoms with E-state index in [-0.39, 0.29) is 17.8 Å². The summed E-state index contributed by atoms with van der Waals surface area (Å²) in [6, 6.07) is 2.57. The molecule has 2 amide bonds. The van der Waals surface area contributed by atoms with Crippen molar-refractivity contribution in [2.75, 3.05) is 5.32 Å². The minimum absolute atomic E-state index is 0.0893. The Bertz CT molecular complexity index is 864. The first-order valence-corrected chi connectivity index (χ1v) is 6.47. The van der Waals surface area contributed by atoms with Gasteiger partial charge in [-0.3, -0.25) is 9.59 Å². The third-order valence-electron chi connectivity index (χ3n) is 3.10. The van der Waals surface area contributed by atoms with Gasteiger partial charge >= 0.3 is 6.18 Å². The first-order valence-electron chi connectivity index (χ1n) is 6.47. The Kier molecular flexibility index (Phi) is 4.73. The lowest BCUT2D eigenvalue weighted by atomic mass is 10.1. The molecule has 0 bridgehead atoms. The predicted octanol–water partition coefficient (Wildman–Crippen LogP) is 3.47. The summed E-state index contributed by atoms with van der Waals surface area (Å²) in [7, 11) is 0. The van der Waals surface area contributed by atoms with Crippen molar-refractivity contribution in [3.63, 3.8) is 0 Å². The molecule has 0 spiro atoms. The molecule has 25 heavy (non-hydrogen) atoms. The molecule has 0 heterocycles. The van der Waals surface area contributed by atoms with Crippen molar-refractivity contribution in [2.24, 2.45) is 5.73 Å². The maximum absolute atomic E-state index is 13.7. The number of carbonyl (C=O) groups excluding carboxylic acids is 2. The summed E-state index contributed by atoms with van der Waals surface area (Å²) in [6.45, 7) is 0. The van der Waals surface area contributed by atoms with Gasteiger partial charge in [0.05, 0.1) is 16.7 Å². The van der Waals surface area contributed by atoms with E-state index in [9.17, 15) is 35.9 Å². The van der Waals surface area contributed by atoms with Crippen molar-refractivity contribution in [1.82, 2.24) is 0 Å². The van der Waals surface area contributed by atoms with Crippen LogP contribution in [-0.4, -0.2) is 11.8 Å². The summed E-state index contributed by atoms with van der Waals surface area (Å²) < 4.78 is 78.0. The van der Waals surface area contributed by atoms with Crippen LogP contribution in [0.1, 0.15) is 26.3 Å². The third-order valence-corrected chi connectivity index (χ3v) is 3.10. The monoisotopic (exact) mass is 362 g/mol. The van der Waals surface area contributed by atoms with Crippen molar-refractivity contribution in [2.45, 2.75) is 6.18 Å². The van der Waals surface area contributed by atoms with Crippen LogP contribution in [0.2, 0.25) is 0 Å². The molecule has 3 N–H and O–H groups in total. The van der Waals surface area contributed by atoms with E-state index >= 15 is 0 Å². The predicted molar refractivity (Wildman–Crippen MR) is 74.2 cm³/mol. The van der Waals surface area contributed by atoms with Crippen LogP contribution in [0.3, 0.4) is 0 Å². The number of nitrogens with one attached hydrogen (secondary N) is 1. The molecule has 0 aliphatic rings. The molecule has 132 valence electrons. The highest BCUT2D eigenvalue weighted by Gasteiger charge is 2.35. The van der Waals surface area contributed by atoms with E-state index in [1.165, 1.54) is 0 Å². The van der Waals surface area contributed by atoms with Gasteiger partial charge < -0.3 is 11.1 Å². The number of primary amides is 1. The first-order chi connectivity index (χ1) is 11.5. The average Bonchev–Trinajstić information content (AvgIpc) is 2.49. The van der Waals surface area contributed by atoms with Gasteiger partial charge in [-0.2, -0.15) is 13.2 Å². The Morgan fingerprint density at radius 2 is 1.52 bits per heavy atom. The van der Waals surface area contributed by atoms with Crippen LogP contribution in [0.25, 0.3) is 0 Å². The number of alkyl halides is 3. The van der Waals surface area contributed by atoms with Crippen LogP contribution in [0.4, 0.5) is 32.0 Å². The van der Waals surface area contributed by atoms with Crippen LogP contribution in [0.5, 0.6) is 0 Å². The van der Waals surface area contributed by atoms with Gasteiger partial charge in [-0.25, -0.2) is 13.2 Å². The number of carbonyl (C=O) groups is 2. The van der Waals surface area contributed by atoms with Crippen LogP contribution in [-0.2, 0) is 6.18 Å². The lowest BCUT2D eigenvalue weighted by Gasteiger charge is -2.11. The average molecular weight is 362 g/mol. The van der Waals surface area contributed by atoms with Gasteiger partial charge in [0.15, 0.2) is 0 Å². The maximum Gasteiger partial charge on any atom is 0.419 e. The number of hydrogen-bond acceptors (Lipinski definition) is 2. The molecule has 2 aromatic rings. The fourth-order valence-electron chi connectivity index (χ4n) is 1.93. The van der Waals surface area contributed by atoms with Gasteiger partial charge in [-0.15, -0.1) is 0 Å². The first kappa shape index (κ1) is 18.3. The van der Waals surface area contributed by atoms with E-state index in [0.29, 0.717) is 0 Å². The highest BCUT2D eigenvalue weighted by atomic mass is 19.4. The molecule has 4 nitrogen and oxygen atoms in total. The Balaban J connectivity index is 2.35. The summed E-state index contributed by atoms with van der Waals surface area (Å²) in [4.78, 5) is 22.9. The number of hydrogen-bond donors (Lipinski definition) is 2. The molecule has 0 saturated carbocycles. The zero-order valence-corrected chi connectivity index (χ0v) is 12.0. The zero-order valence-electron chi connectivity index (χ0n) is 12.0. The van der Waals surface area contributed by atoms with E-state index in [0.717, 1.165) is 18.2 Å². The molecule has 0 aliphatic heterocycles. The van der Waals surface area contributed by atoms with Gasteiger partial charge in [0.1, 0.15) is 17.5 Å². The number of halogens is 6. The highest BCUT2D eigenvalue weighted by Crippen LogP contribution is 2.32. The molecule has 0 aliphatic carbocycles. The summed E-state index contributed by atoms with van der Waals surface area (Å²) in [6.07, 6.45) is -5.13. The molecule has 0 aromatic heterocycles. The second kappa shape index (κ2) is 6.46. The Morgan fingerprint density at radius 3 is 2.08 bits per heavy atom. The number of amides is 2. The molecule has 2 aromatic carbocycles. The number of anilines is 1. The molecular formula is C15H8F6N2O2. The van der Waals surface area contributed by atoms with Crippen molar-refractivity contribution in [3.05, 3.63) is 64.5 Å². The molecule has 2 rings (SSSR count). The molecule has 10 heteroatoms. The van der Waals surface area contributed by atoms with Crippen molar-refractivity contribution in [3.8, 4) is 0 Å². The Morgan fingerprint density at radius 1 is 0.880 bits per heavy atom. The number of rotatable bonds is 3. The normalized spacial score (nSPS) is 11.3. The Hall–Kier alpha value is -3.04. The molecule has 0 unspecified atom stereocenters. The Labute approximate surface area is 136 Å². The zero-order chi connectivity index (χ0) is 18.9. The SMILES string of the molecule is NC(=O)c1cc(NC(=O)c2cc(F)c(C(F)(F)F)cc2F)ccc1F. The van der Waals surface area contributed by atoms with Gasteiger partial charge in [0.25, 0.3) is 11.8 Å². The van der Waals surface area contributed by atoms with E-state index in [1.807, 2.05) is 5.32 Å². The van der Waals surface area contributed by atoms with Crippen LogP contribution in [0, 0.1) is 17.5 Å². The summed E-state index contributed by atoms with van der Waals surface area (Å²) in [5, 5.41) is 2.01. The summed E-state index contributed by atoms with van der Waals surface area (Å²) in [5.41, 5.74) is 1.29. The minimum Gasteiger partial charge on any atom is -0.366 e. The van der Waals surface area contributed by atoms with Crippen LogP contribution >= 0.6 is 0 Å². The molecule has 0 saturated heterocycles. The fourth-order valence-corrected chi connectivity index (χ4v) is 1.93. The van der Waals surface area contributed by atoms with Crippen molar-refractivity contribution < 1.29 is 35.9 Å². The van der Waals surface area contributed by atoms with E-state index < -0.39 is 52.1 Å².